The fourth-order valence-corrected chi connectivity index (χ4v) is 2.74. The summed E-state index contributed by atoms with van der Waals surface area (Å²) >= 11 is 0. The third-order valence-electron chi connectivity index (χ3n) is 4.22. The zero-order valence-electron chi connectivity index (χ0n) is 15.6. The van der Waals surface area contributed by atoms with E-state index in [2.05, 4.69) is 5.32 Å². The van der Waals surface area contributed by atoms with Gasteiger partial charge in [-0.2, -0.15) is 0 Å². The third kappa shape index (κ3) is 4.87. The first kappa shape index (κ1) is 19.8. The van der Waals surface area contributed by atoms with Gasteiger partial charge in [0.15, 0.2) is 0 Å². The first-order valence-electron chi connectivity index (χ1n) is 8.73. The Balaban J connectivity index is 1.89. The molecule has 0 saturated heterocycles. The average molecular weight is 391 g/mol. The molecular weight excluding hydrogens is 373 g/mol. The van der Waals surface area contributed by atoms with Crippen LogP contribution in [0.1, 0.15) is 31.8 Å². The van der Waals surface area contributed by atoms with Gasteiger partial charge < -0.3 is 15.2 Å². The molecule has 0 unspecified atom stereocenters. The number of methoxy groups -OCH3 is 1. The number of hydrogen-bond donors (Lipinski definition) is 2. The van der Waals surface area contributed by atoms with Gasteiger partial charge in [-0.05, 0) is 48.0 Å². The predicted molar refractivity (Wildman–Crippen MR) is 110 cm³/mol. The molecule has 0 bridgehead atoms. The fraction of sp³-hybridized carbons (Fsp3) is 0.0435. The number of aromatic carboxylic acids is 1. The van der Waals surface area contributed by atoms with Crippen LogP contribution in [-0.4, -0.2) is 24.1 Å². The van der Waals surface area contributed by atoms with Crippen molar-refractivity contribution in [2.75, 3.05) is 12.4 Å². The molecule has 0 aliphatic heterocycles. The van der Waals surface area contributed by atoms with Crippen molar-refractivity contribution in [3.63, 3.8) is 0 Å². The molecule has 0 fully saturated rings. The lowest BCUT2D eigenvalue weighted by Gasteiger charge is -2.10. The van der Waals surface area contributed by atoms with Crippen LogP contribution in [0.15, 0.2) is 66.7 Å². The van der Waals surface area contributed by atoms with Gasteiger partial charge in [0.2, 0.25) is 0 Å². The highest BCUT2D eigenvalue weighted by molar-refractivity contribution is 6.08. The molecule has 0 atom stereocenters. The minimum Gasteiger partial charge on any atom is -0.496 e. The van der Waals surface area contributed by atoms with Crippen LogP contribution >= 0.6 is 0 Å². The second kappa shape index (κ2) is 8.84. The molecule has 0 aliphatic rings. The number of carbonyl (C=O) groups is 2. The minimum atomic E-state index is -1.17. The summed E-state index contributed by atoms with van der Waals surface area (Å²) in [6.45, 7) is 0. The molecule has 1 amide bonds. The van der Waals surface area contributed by atoms with Crippen molar-refractivity contribution < 1.29 is 23.8 Å². The fourth-order valence-electron chi connectivity index (χ4n) is 2.74. The van der Waals surface area contributed by atoms with Crippen LogP contribution in [0.4, 0.5) is 10.1 Å². The predicted octanol–water partition coefficient (Wildman–Crippen LogP) is 4.96. The normalized spacial score (nSPS) is 10.7. The topological polar surface area (TPSA) is 75.6 Å². The summed E-state index contributed by atoms with van der Waals surface area (Å²) in [7, 11) is 1.58. The zero-order valence-corrected chi connectivity index (χ0v) is 15.6. The maximum atomic E-state index is 13.1. The molecule has 2 N–H and O–H groups in total. The number of benzene rings is 3. The van der Waals surface area contributed by atoms with Crippen LogP contribution in [0.3, 0.4) is 0 Å². The van der Waals surface area contributed by atoms with Gasteiger partial charge in [-0.15, -0.1) is 0 Å². The molecule has 0 aliphatic carbocycles. The van der Waals surface area contributed by atoms with Crippen molar-refractivity contribution in [1.29, 1.82) is 0 Å². The molecule has 0 radical (unpaired) electrons. The summed E-state index contributed by atoms with van der Waals surface area (Å²) < 4.78 is 18.4. The lowest BCUT2D eigenvalue weighted by atomic mass is 10.1. The lowest BCUT2D eigenvalue weighted by Crippen LogP contribution is -2.15. The monoisotopic (exact) mass is 391 g/mol. The summed E-state index contributed by atoms with van der Waals surface area (Å²) in [5, 5.41) is 12.0. The average Bonchev–Trinajstić information content (AvgIpc) is 2.72. The molecule has 3 aromatic carbocycles. The van der Waals surface area contributed by atoms with Crippen molar-refractivity contribution >= 4 is 29.7 Å². The summed E-state index contributed by atoms with van der Waals surface area (Å²) in [6.07, 6.45) is 3.62. The number of carboxylic acids is 1. The number of hydrogen-bond acceptors (Lipinski definition) is 3. The summed E-state index contributed by atoms with van der Waals surface area (Å²) in [5.74, 6) is -1.45. The number of halogens is 1. The number of rotatable bonds is 6. The Kier molecular flexibility index (Phi) is 6.04. The van der Waals surface area contributed by atoms with Gasteiger partial charge >= 0.3 is 5.97 Å². The molecular formula is C23H18FNO4. The van der Waals surface area contributed by atoms with Crippen molar-refractivity contribution in [3.8, 4) is 5.75 Å². The molecule has 29 heavy (non-hydrogen) atoms. The maximum absolute atomic E-state index is 13.1. The van der Waals surface area contributed by atoms with Crippen molar-refractivity contribution in [1.82, 2.24) is 0 Å². The summed E-state index contributed by atoms with van der Waals surface area (Å²) in [4.78, 5) is 23.9. The van der Waals surface area contributed by atoms with E-state index in [1.54, 1.807) is 25.3 Å². The van der Waals surface area contributed by atoms with Crippen molar-refractivity contribution in [2.45, 2.75) is 0 Å². The van der Waals surface area contributed by atoms with Crippen LogP contribution in [0.5, 0.6) is 5.75 Å². The Hall–Kier alpha value is -3.93. The standard InChI is InChI=1S/C23H18FNO4/c1-29-21-5-3-2-4-16(21)8-6-15-7-13-19(23(27)28)20(14-15)25-22(26)17-9-11-18(24)12-10-17/h2-14H,1H3,(H,25,26)(H,27,28)/b8-6+. The molecule has 6 heteroatoms. The van der Waals surface area contributed by atoms with E-state index in [4.69, 9.17) is 4.74 Å². The third-order valence-corrected chi connectivity index (χ3v) is 4.22. The number of nitrogens with one attached hydrogen (secondary N) is 1. The van der Waals surface area contributed by atoms with Crippen molar-refractivity contribution in [2.24, 2.45) is 0 Å². The highest BCUT2D eigenvalue weighted by Crippen LogP contribution is 2.23. The van der Waals surface area contributed by atoms with Gasteiger partial charge in [0.25, 0.3) is 5.91 Å². The molecule has 0 spiro atoms. The van der Waals surface area contributed by atoms with Crippen molar-refractivity contribution in [3.05, 3.63) is 94.8 Å². The number of carboxylic acid groups (broad SMARTS) is 1. The molecule has 0 heterocycles. The maximum Gasteiger partial charge on any atom is 0.337 e. The van der Waals surface area contributed by atoms with Gasteiger partial charge in [0.05, 0.1) is 18.4 Å². The largest absolute Gasteiger partial charge is 0.496 e. The summed E-state index contributed by atoms with van der Waals surface area (Å²) in [6, 6.07) is 17.1. The van der Waals surface area contributed by atoms with Gasteiger partial charge in [0, 0.05) is 11.1 Å². The van der Waals surface area contributed by atoms with E-state index in [0.29, 0.717) is 11.3 Å². The van der Waals surface area contributed by atoms with Crippen LogP contribution in [0.2, 0.25) is 0 Å². The molecule has 146 valence electrons. The smallest absolute Gasteiger partial charge is 0.337 e. The van der Waals surface area contributed by atoms with Crippen LogP contribution in [0, 0.1) is 5.82 Å². The van der Waals surface area contributed by atoms with E-state index in [1.165, 1.54) is 30.3 Å². The second-order valence-electron chi connectivity index (χ2n) is 6.15. The number of anilines is 1. The van der Waals surface area contributed by atoms with E-state index >= 15 is 0 Å². The van der Waals surface area contributed by atoms with Gasteiger partial charge in [-0.1, -0.05) is 36.4 Å². The molecule has 3 aromatic rings. The number of amides is 1. The first-order valence-corrected chi connectivity index (χ1v) is 8.73. The van der Waals surface area contributed by atoms with Gasteiger partial charge in [0.1, 0.15) is 11.6 Å². The van der Waals surface area contributed by atoms with E-state index in [1.807, 2.05) is 30.3 Å². The van der Waals surface area contributed by atoms with Crippen LogP contribution in [-0.2, 0) is 0 Å². The van der Waals surface area contributed by atoms with E-state index < -0.39 is 17.7 Å². The quantitative estimate of drug-likeness (QED) is 0.583. The highest BCUT2D eigenvalue weighted by atomic mass is 19.1. The molecule has 3 rings (SSSR count). The molecule has 0 aromatic heterocycles. The van der Waals surface area contributed by atoms with Gasteiger partial charge in [-0.25, -0.2) is 9.18 Å². The Labute approximate surface area is 167 Å². The van der Waals surface area contributed by atoms with E-state index in [0.717, 1.165) is 5.56 Å². The second-order valence-corrected chi connectivity index (χ2v) is 6.15. The van der Waals surface area contributed by atoms with E-state index in [-0.39, 0.29) is 16.8 Å². The van der Waals surface area contributed by atoms with E-state index in [9.17, 15) is 19.1 Å². The highest BCUT2D eigenvalue weighted by Gasteiger charge is 2.14. The molecule has 0 saturated carbocycles. The number of para-hydroxylation sites is 1. The lowest BCUT2D eigenvalue weighted by molar-refractivity contribution is 0.0698. The Bertz CT molecular complexity index is 1070. The summed E-state index contributed by atoms with van der Waals surface area (Å²) in [5.41, 5.74) is 1.87. The van der Waals surface area contributed by atoms with Crippen LogP contribution < -0.4 is 10.1 Å². The zero-order chi connectivity index (χ0) is 20.8. The SMILES string of the molecule is COc1ccccc1/C=C/c1ccc(C(=O)O)c(NC(=O)c2ccc(F)cc2)c1. The molecule has 5 nitrogen and oxygen atoms in total. The number of carbonyl (C=O) groups excluding carboxylic acids is 1. The Morgan fingerprint density at radius 2 is 1.72 bits per heavy atom. The van der Waals surface area contributed by atoms with Gasteiger partial charge in [-0.3, -0.25) is 4.79 Å². The Morgan fingerprint density at radius 1 is 1.00 bits per heavy atom. The first-order chi connectivity index (χ1) is 14.0. The number of ether oxygens (including phenoxy) is 1. The minimum absolute atomic E-state index is 0.0464. The Morgan fingerprint density at radius 3 is 2.41 bits per heavy atom. The van der Waals surface area contributed by atoms with Crippen LogP contribution in [0.25, 0.3) is 12.2 Å².